The summed E-state index contributed by atoms with van der Waals surface area (Å²) in [6.45, 7) is 34.5. The van der Waals surface area contributed by atoms with Gasteiger partial charge < -0.3 is 4.74 Å². The average Bonchev–Trinajstić information content (AvgIpc) is 3.40. The summed E-state index contributed by atoms with van der Waals surface area (Å²) in [6, 6.07) is 18.9. The van der Waals surface area contributed by atoms with E-state index in [1.165, 1.54) is 24.0 Å². The second kappa shape index (κ2) is 11.7. The van der Waals surface area contributed by atoms with Crippen LogP contribution in [-0.2, 0) is 4.74 Å². The Bertz CT molecular complexity index is 992. The van der Waals surface area contributed by atoms with E-state index < -0.39 is 46.2 Å². The number of ether oxygens (including phenoxy) is 1. The molecule has 1 fully saturated rings. The van der Waals surface area contributed by atoms with Crippen molar-refractivity contribution in [1.29, 1.82) is 0 Å². The van der Waals surface area contributed by atoms with E-state index in [-0.39, 0.29) is 0 Å². The molecule has 0 radical (unpaired) electrons. The van der Waals surface area contributed by atoms with Crippen LogP contribution in [0.4, 0.5) is 0 Å². The van der Waals surface area contributed by atoms with Crippen molar-refractivity contribution in [2.45, 2.75) is 99.4 Å². The summed E-state index contributed by atoms with van der Waals surface area (Å²) in [7, 11) is -5.42. The fourth-order valence-electron chi connectivity index (χ4n) is 7.76. The predicted octanol–water partition coefficient (Wildman–Crippen LogP) is 9.36. The summed E-state index contributed by atoms with van der Waals surface area (Å²) in [4.78, 5) is 0. The first kappa shape index (κ1) is 31.2. The van der Waals surface area contributed by atoms with E-state index in [1.54, 1.807) is 11.1 Å². The molecule has 204 valence electrons. The van der Waals surface area contributed by atoms with Crippen molar-refractivity contribution in [3.8, 4) is 11.1 Å². The van der Waals surface area contributed by atoms with Crippen molar-refractivity contribution < 1.29 is 4.74 Å². The van der Waals surface area contributed by atoms with Crippen LogP contribution >= 0.6 is 0 Å². The fraction of sp³-hybridized carbons (Fsp3) is 0.581. The topological polar surface area (TPSA) is 9.23 Å². The molecule has 2 aromatic carbocycles. The summed E-state index contributed by atoms with van der Waals surface area (Å²) < 4.78 is 8.90. The summed E-state index contributed by atoms with van der Waals surface area (Å²) >= 11 is -1.73. The Morgan fingerprint density at radius 2 is 0.811 bits per heavy atom. The summed E-state index contributed by atoms with van der Waals surface area (Å²) in [5, 5.41) is 0. The van der Waals surface area contributed by atoms with Gasteiger partial charge >= 0.3 is 208 Å². The molecule has 1 aliphatic carbocycles. The average molecular weight is 628 g/mol. The van der Waals surface area contributed by atoms with E-state index in [9.17, 15) is 0 Å². The molecule has 2 aromatic rings. The molecule has 0 atom stereocenters. The van der Waals surface area contributed by atoms with Gasteiger partial charge in [0.1, 0.15) is 0 Å². The molecular formula is C31H54GeOSi4. The van der Waals surface area contributed by atoms with Crippen molar-refractivity contribution >= 4 is 50.6 Å². The first-order valence-corrected chi connectivity index (χ1v) is 32.2. The van der Waals surface area contributed by atoms with E-state index in [4.69, 9.17) is 4.74 Å². The standard InChI is InChI=1S/C27H46GeSi4.C4H8O/c1-29(2,3)26(30(4,5)6)28(27(31(7,8)9)32(10,11)12)25-23-19-15-13-17-21(23)22-18-14-16-20-24(22)25;1-2-4-5-3-1/h13-20,26-27H,1-12H3;1-4H2. The number of rotatable bonds is 6. The molecule has 4 rings (SSSR count). The van der Waals surface area contributed by atoms with Gasteiger partial charge in [-0.05, 0) is 12.8 Å². The van der Waals surface area contributed by atoms with E-state index in [2.05, 4.69) is 127 Å². The molecule has 0 saturated carbocycles. The van der Waals surface area contributed by atoms with Gasteiger partial charge in [0.2, 0.25) is 0 Å². The van der Waals surface area contributed by atoms with Gasteiger partial charge in [0.05, 0.1) is 0 Å². The van der Waals surface area contributed by atoms with Crippen LogP contribution < -0.4 is 0 Å². The summed E-state index contributed by atoms with van der Waals surface area (Å²) in [5.74, 6) is 0. The maximum atomic E-state index is 4.94. The monoisotopic (exact) mass is 628 g/mol. The molecule has 0 aromatic heterocycles. The predicted molar refractivity (Wildman–Crippen MR) is 182 cm³/mol. The Labute approximate surface area is 237 Å². The molecule has 0 bridgehead atoms. The van der Waals surface area contributed by atoms with Crippen molar-refractivity contribution in [1.82, 2.24) is 0 Å². The molecule has 1 heterocycles. The normalized spacial score (nSPS) is 16.0. The Balaban J connectivity index is 0.000000678. The van der Waals surface area contributed by atoms with Crippen molar-refractivity contribution in [3.05, 3.63) is 59.7 Å². The molecule has 1 aliphatic heterocycles. The second-order valence-electron chi connectivity index (χ2n) is 15.6. The molecular weight excluding hydrogens is 573 g/mol. The number of hydrogen-bond acceptors (Lipinski definition) is 1. The van der Waals surface area contributed by atoms with Gasteiger partial charge in [-0.1, -0.05) is 0 Å². The first-order valence-electron chi connectivity index (χ1n) is 14.5. The van der Waals surface area contributed by atoms with Crippen LogP contribution in [0, 0.1) is 0 Å². The third-order valence-corrected chi connectivity index (χ3v) is 58.4. The fourth-order valence-corrected chi connectivity index (χ4v) is 69.8. The van der Waals surface area contributed by atoms with Crippen molar-refractivity contribution in [2.24, 2.45) is 0 Å². The van der Waals surface area contributed by atoms with Gasteiger partial charge in [-0.3, -0.25) is 0 Å². The zero-order valence-electron chi connectivity index (χ0n) is 26.0. The Morgan fingerprint density at radius 1 is 0.514 bits per heavy atom. The third kappa shape index (κ3) is 7.26. The van der Waals surface area contributed by atoms with Crippen LogP contribution in [0.1, 0.15) is 24.0 Å². The van der Waals surface area contributed by atoms with Crippen LogP contribution in [-0.4, -0.2) is 63.8 Å². The molecule has 1 nitrogen and oxygen atoms in total. The SMILES string of the molecule is C1CCOC1.C[Si](C)(C)[CH]([Ge](=[C]1c2ccccc2-c2ccccc21)[CH]([Si](C)(C)C)[Si](C)(C)C)[Si](C)(C)C. The van der Waals surface area contributed by atoms with Crippen LogP contribution in [0.5, 0.6) is 0 Å². The molecule has 2 aliphatic rings. The van der Waals surface area contributed by atoms with Crippen molar-refractivity contribution in [3.63, 3.8) is 0 Å². The van der Waals surface area contributed by atoms with Crippen LogP contribution in [0.2, 0.25) is 86.6 Å². The zero-order valence-corrected chi connectivity index (χ0v) is 32.1. The molecule has 0 amide bonds. The Hall–Kier alpha value is -0.320. The van der Waals surface area contributed by atoms with Crippen LogP contribution in [0.15, 0.2) is 48.5 Å². The van der Waals surface area contributed by atoms with E-state index in [0.717, 1.165) is 21.2 Å². The van der Waals surface area contributed by atoms with Crippen LogP contribution in [0.25, 0.3) is 11.1 Å². The molecule has 0 N–H and O–H groups in total. The van der Waals surface area contributed by atoms with Gasteiger partial charge in [-0.2, -0.15) is 0 Å². The minimum absolute atomic E-state index is 1.00. The molecule has 1 saturated heterocycles. The van der Waals surface area contributed by atoms with Gasteiger partial charge in [0.15, 0.2) is 0 Å². The Morgan fingerprint density at radius 3 is 1.05 bits per heavy atom. The number of fused-ring (bicyclic) bond motifs is 3. The summed E-state index contributed by atoms with van der Waals surface area (Å²) in [6.07, 6.45) is 2.56. The second-order valence-corrected chi connectivity index (χ2v) is 48.2. The third-order valence-electron chi connectivity index (χ3n) is 7.89. The number of hydrogen-bond donors (Lipinski definition) is 0. The van der Waals surface area contributed by atoms with Crippen LogP contribution in [0.3, 0.4) is 0 Å². The van der Waals surface area contributed by atoms with Gasteiger partial charge in [0.25, 0.3) is 0 Å². The van der Waals surface area contributed by atoms with Gasteiger partial charge in [-0.25, -0.2) is 0 Å². The van der Waals surface area contributed by atoms with E-state index >= 15 is 0 Å². The van der Waals surface area contributed by atoms with Gasteiger partial charge in [0, 0.05) is 13.2 Å². The first-order chi connectivity index (χ1) is 17.0. The minimum atomic E-state index is -1.73. The molecule has 0 spiro atoms. The number of benzene rings is 2. The van der Waals surface area contributed by atoms with Gasteiger partial charge in [-0.15, -0.1) is 0 Å². The molecule has 0 unspecified atom stereocenters. The van der Waals surface area contributed by atoms with E-state index in [0.29, 0.717) is 0 Å². The summed E-state index contributed by atoms with van der Waals surface area (Å²) in [5.41, 5.74) is 6.26. The maximum absolute atomic E-state index is 4.94. The molecule has 37 heavy (non-hydrogen) atoms. The van der Waals surface area contributed by atoms with E-state index in [1.807, 2.05) is 4.35 Å². The quantitative estimate of drug-likeness (QED) is 0.248. The Kier molecular flexibility index (Phi) is 9.83. The molecule has 6 heteroatoms. The zero-order chi connectivity index (χ0) is 27.8. The van der Waals surface area contributed by atoms with Crippen molar-refractivity contribution in [2.75, 3.05) is 13.2 Å².